The molecule has 5 heteroatoms. The second-order valence-electron chi connectivity index (χ2n) is 5.61. The van der Waals surface area contributed by atoms with Crippen LogP contribution >= 0.6 is 15.9 Å². The topological polar surface area (TPSA) is 32.3 Å². The number of nitrogens with zero attached hydrogens (tertiary/aromatic N) is 1. The monoisotopic (exact) mass is 378 g/mol. The van der Waals surface area contributed by atoms with Crippen LogP contribution in [0.4, 0.5) is 4.39 Å². The standard InChI is InChI=1S/C18H20BrFN2O/c1-13(16-5-3-4-6-17(16)19)21-18(23)12-22(2)11-14-7-9-15(20)10-8-14/h3-10,13H,11-12H2,1-2H3,(H,21,23)/t13-/m1/s1. The summed E-state index contributed by atoms with van der Waals surface area (Å²) < 4.78 is 13.9. The molecule has 0 aliphatic heterocycles. The summed E-state index contributed by atoms with van der Waals surface area (Å²) in [7, 11) is 1.87. The zero-order chi connectivity index (χ0) is 16.8. The smallest absolute Gasteiger partial charge is 0.234 e. The van der Waals surface area contributed by atoms with Gasteiger partial charge in [-0.15, -0.1) is 0 Å². The van der Waals surface area contributed by atoms with E-state index in [9.17, 15) is 9.18 Å². The molecule has 1 atom stereocenters. The molecule has 1 amide bonds. The van der Waals surface area contributed by atoms with Gasteiger partial charge in [-0.25, -0.2) is 4.39 Å². The maximum atomic E-state index is 12.9. The quantitative estimate of drug-likeness (QED) is 0.826. The molecule has 0 aliphatic carbocycles. The molecule has 1 N–H and O–H groups in total. The molecule has 0 heterocycles. The third kappa shape index (κ3) is 5.44. The molecule has 0 spiro atoms. The highest BCUT2D eigenvalue weighted by atomic mass is 79.9. The van der Waals surface area contributed by atoms with Crippen LogP contribution in [0.15, 0.2) is 53.0 Å². The van der Waals surface area contributed by atoms with Crippen molar-refractivity contribution in [2.75, 3.05) is 13.6 Å². The molecule has 0 saturated heterocycles. The fourth-order valence-corrected chi connectivity index (χ4v) is 3.02. The van der Waals surface area contributed by atoms with E-state index in [1.807, 2.05) is 43.1 Å². The van der Waals surface area contributed by atoms with Gasteiger partial charge in [0, 0.05) is 11.0 Å². The van der Waals surface area contributed by atoms with E-state index in [-0.39, 0.29) is 24.3 Å². The van der Waals surface area contributed by atoms with E-state index in [1.54, 1.807) is 12.1 Å². The Morgan fingerprint density at radius 3 is 2.52 bits per heavy atom. The summed E-state index contributed by atoms with van der Waals surface area (Å²) in [4.78, 5) is 14.1. The second kappa shape index (κ2) is 8.22. The van der Waals surface area contributed by atoms with Gasteiger partial charge in [-0.2, -0.15) is 0 Å². The van der Waals surface area contributed by atoms with E-state index in [1.165, 1.54) is 12.1 Å². The zero-order valence-corrected chi connectivity index (χ0v) is 14.8. The van der Waals surface area contributed by atoms with E-state index >= 15 is 0 Å². The molecule has 3 nitrogen and oxygen atoms in total. The Kier molecular flexibility index (Phi) is 6.30. The average Bonchev–Trinajstić information content (AvgIpc) is 2.49. The van der Waals surface area contributed by atoms with Crippen molar-refractivity contribution in [1.29, 1.82) is 0 Å². The molecule has 0 unspecified atom stereocenters. The highest BCUT2D eigenvalue weighted by Gasteiger charge is 2.13. The van der Waals surface area contributed by atoms with Crippen molar-refractivity contribution >= 4 is 21.8 Å². The summed E-state index contributed by atoms with van der Waals surface area (Å²) in [5, 5.41) is 2.99. The van der Waals surface area contributed by atoms with Crippen molar-refractivity contribution in [2.45, 2.75) is 19.5 Å². The summed E-state index contributed by atoms with van der Waals surface area (Å²) in [5.74, 6) is -0.297. The van der Waals surface area contributed by atoms with Gasteiger partial charge < -0.3 is 5.32 Å². The molecule has 0 saturated carbocycles. The minimum Gasteiger partial charge on any atom is -0.348 e. The van der Waals surface area contributed by atoms with Crippen LogP contribution in [-0.4, -0.2) is 24.4 Å². The molecule has 0 aliphatic rings. The zero-order valence-electron chi connectivity index (χ0n) is 13.2. The van der Waals surface area contributed by atoms with E-state index < -0.39 is 0 Å². The van der Waals surface area contributed by atoms with Gasteiger partial charge in [0.2, 0.25) is 5.91 Å². The molecule has 2 rings (SSSR count). The summed E-state index contributed by atoms with van der Waals surface area (Å²) in [5.41, 5.74) is 2.02. The van der Waals surface area contributed by atoms with Gasteiger partial charge in [0.1, 0.15) is 5.82 Å². The lowest BCUT2D eigenvalue weighted by Crippen LogP contribution is -2.36. The molecule has 0 radical (unpaired) electrons. The van der Waals surface area contributed by atoms with Gasteiger partial charge >= 0.3 is 0 Å². The van der Waals surface area contributed by atoms with Crippen LogP contribution < -0.4 is 5.32 Å². The molecule has 23 heavy (non-hydrogen) atoms. The number of likely N-dealkylation sites (N-methyl/N-ethyl adjacent to an activating group) is 1. The van der Waals surface area contributed by atoms with Crippen LogP contribution in [0.25, 0.3) is 0 Å². The Bertz CT molecular complexity index is 660. The maximum Gasteiger partial charge on any atom is 0.234 e. The summed E-state index contributed by atoms with van der Waals surface area (Å²) >= 11 is 3.50. The van der Waals surface area contributed by atoms with Crippen LogP contribution in [0, 0.1) is 5.82 Å². The average molecular weight is 379 g/mol. The van der Waals surface area contributed by atoms with E-state index in [0.717, 1.165) is 15.6 Å². The summed E-state index contributed by atoms with van der Waals surface area (Å²) in [6, 6.07) is 14.1. The number of rotatable bonds is 6. The highest BCUT2D eigenvalue weighted by molar-refractivity contribution is 9.10. The van der Waals surface area contributed by atoms with Crippen molar-refractivity contribution in [3.05, 3.63) is 69.9 Å². The molecule has 0 bridgehead atoms. The number of carbonyl (C=O) groups is 1. The van der Waals surface area contributed by atoms with Crippen molar-refractivity contribution in [2.24, 2.45) is 0 Å². The number of benzene rings is 2. The minimum atomic E-state index is -0.253. The first-order chi connectivity index (χ1) is 11.0. The first kappa shape index (κ1) is 17.6. The Morgan fingerprint density at radius 1 is 1.22 bits per heavy atom. The number of halogens is 2. The van der Waals surface area contributed by atoms with E-state index in [2.05, 4.69) is 21.2 Å². The molecule has 2 aromatic carbocycles. The van der Waals surface area contributed by atoms with Crippen molar-refractivity contribution in [1.82, 2.24) is 10.2 Å². The number of hydrogen-bond donors (Lipinski definition) is 1. The van der Waals surface area contributed by atoms with E-state index in [0.29, 0.717) is 6.54 Å². The lowest BCUT2D eigenvalue weighted by Gasteiger charge is -2.20. The number of carbonyl (C=O) groups excluding carboxylic acids is 1. The van der Waals surface area contributed by atoms with Crippen molar-refractivity contribution in [3.63, 3.8) is 0 Å². The van der Waals surface area contributed by atoms with Gasteiger partial charge in [0.05, 0.1) is 12.6 Å². The first-order valence-corrected chi connectivity index (χ1v) is 8.22. The SMILES string of the molecule is C[C@@H](NC(=O)CN(C)Cc1ccc(F)cc1)c1ccccc1Br. The predicted octanol–water partition coefficient (Wildman–Crippen LogP) is 3.90. The maximum absolute atomic E-state index is 12.9. The normalized spacial score (nSPS) is 12.2. The first-order valence-electron chi connectivity index (χ1n) is 7.42. The largest absolute Gasteiger partial charge is 0.348 e. The fourth-order valence-electron chi connectivity index (χ4n) is 2.39. The summed E-state index contributed by atoms with van der Waals surface area (Å²) in [6.45, 7) is 2.83. The number of hydrogen-bond acceptors (Lipinski definition) is 2. The van der Waals surface area contributed by atoms with Crippen LogP contribution in [0.3, 0.4) is 0 Å². The Labute approximate surface area is 144 Å². The molecule has 2 aromatic rings. The van der Waals surface area contributed by atoms with Gasteiger partial charge in [-0.05, 0) is 43.3 Å². The van der Waals surface area contributed by atoms with Crippen LogP contribution in [0.2, 0.25) is 0 Å². The van der Waals surface area contributed by atoms with Crippen LogP contribution in [0.5, 0.6) is 0 Å². The molecule has 0 fully saturated rings. The highest BCUT2D eigenvalue weighted by Crippen LogP contribution is 2.22. The van der Waals surface area contributed by atoms with Gasteiger partial charge in [-0.3, -0.25) is 9.69 Å². The van der Waals surface area contributed by atoms with Crippen molar-refractivity contribution in [3.8, 4) is 0 Å². The second-order valence-corrected chi connectivity index (χ2v) is 6.46. The van der Waals surface area contributed by atoms with Crippen LogP contribution in [-0.2, 0) is 11.3 Å². The summed E-state index contributed by atoms with van der Waals surface area (Å²) in [6.07, 6.45) is 0. The predicted molar refractivity (Wildman–Crippen MR) is 93.4 cm³/mol. The minimum absolute atomic E-state index is 0.0436. The van der Waals surface area contributed by atoms with Gasteiger partial charge in [0.15, 0.2) is 0 Å². The molecule has 0 aromatic heterocycles. The lowest BCUT2D eigenvalue weighted by atomic mass is 10.1. The Morgan fingerprint density at radius 2 is 1.87 bits per heavy atom. The van der Waals surface area contributed by atoms with Crippen molar-refractivity contribution < 1.29 is 9.18 Å². The molecular formula is C18H20BrFN2O. The van der Waals surface area contributed by atoms with Gasteiger partial charge in [0.25, 0.3) is 0 Å². The third-order valence-corrected chi connectivity index (χ3v) is 4.25. The Balaban J connectivity index is 1.86. The fraction of sp³-hybridized carbons (Fsp3) is 0.278. The number of nitrogens with one attached hydrogen (secondary N) is 1. The number of amides is 1. The van der Waals surface area contributed by atoms with Gasteiger partial charge in [-0.1, -0.05) is 46.3 Å². The molecule has 122 valence electrons. The van der Waals surface area contributed by atoms with Crippen LogP contribution in [0.1, 0.15) is 24.1 Å². The lowest BCUT2D eigenvalue weighted by molar-refractivity contribution is -0.122. The Hall–Kier alpha value is -1.72. The third-order valence-electron chi connectivity index (χ3n) is 3.53. The van der Waals surface area contributed by atoms with E-state index in [4.69, 9.17) is 0 Å². The molecular weight excluding hydrogens is 359 g/mol.